The van der Waals surface area contributed by atoms with E-state index in [-0.39, 0.29) is 5.41 Å². The predicted molar refractivity (Wildman–Crippen MR) is 195 cm³/mol. The van der Waals surface area contributed by atoms with Crippen LogP contribution in [0.1, 0.15) is 25.0 Å². The molecule has 0 saturated carbocycles. The summed E-state index contributed by atoms with van der Waals surface area (Å²) in [5.41, 5.74) is 14.2. The van der Waals surface area contributed by atoms with E-state index in [9.17, 15) is 0 Å². The van der Waals surface area contributed by atoms with Crippen LogP contribution in [0.2, 0.25) is 0 Å². The van der Waals surface area contributed by atoms with Crippen molar-refractivity contribution >= 4 is 43.4 Å². The number of hydrogen-bond donors (Lipinski definition) is 0. The molecule has 0 N–H and O–H groups in total. The third-order valence-corrected chi connectivity index (χ3v) is 10.6. The monoisotopic (exact) mass is 585 g/mol. The molecule has 0 radical (unpaired) electrons. The Morgan fingerprint density at radius 1 is 0.413 bits per heavy atom. The Morgan fingerprint density at radius 2 is 1.00 bits per heavy atom. The molecular weight excluding hydrogens is 555 g/mol. The Morgan fingerprint density at radius 3 is 1.83 bits per heavy atom. The predicted octanol–water partition coefficient (Wildman–Crippen LogP) is 12.2. The summed E-state index contributed by atoms with van der Waals surface area (Å²) in [6.07, 6.45) is 0. The van der Waals surface area contributed by atoms with Gasteiger partial charge in [-0.15, -0.1) is 0 Å². The number of benzene rings is 8. The summed E-state index contributed by atoms with van der Waals surface area (Å²) in [5, 5.41) is 7.81. The highest BCUT2D eigenvalue weighted by Gasteiger charge is 2.35. The van der Waals surface area contributed by atoms with E-state index in [1.54, 1.807) is 0 Å². The zero-order valence-corrected chi connectivity index (χ0v) is 25.9. The number of rotatable bonds is 3. The van der Waals surface area contributed by atoms with E-state index in [1.165, 1.54) is 93.5 Å². The van der Waals surface area contributed by atoms with Gasteiger partial charge in [-0.1, -0.05) is 141 Å². The SMILES string of the molecule is CC1(C)c2ccccc2-c2ccc(-n3c4ccc(-c5ccccc5)c5ccc6c(-c7cccc8ccccc78)ccc3c6c54)cc21. The van der Waals surface area contributed by atoms with Crippen LogP contribution in [-0.2, 0) is 5.41 Å². The van der Waals surface area contributed by atoms with Gasteiger partial charge in [0.1, 0.15) is 0 Å². The van der Waals surface area contributed by atoms with Crippen LogP contribution in [0.5, 0.6) is 0 Å². The Bertz CT molecular complexity index is 2650. The van der Waals surface area contributed by atoms with Crippen molar-refractivity contribution in [1.29, 1.82) is 0 Å². The van der Waals surface area contributed by atoms with Gasteiger partial charge in [-0.25, -0.2) is 0 Å². The third-order valence-electron chi connectivity index (χ3n) is 10.6. The van der Waals surface area contributed by atoms with Gasteiger partial charge in [0, 0.05) is 21.9 Å². The summed E-state index contributed by atoms with van der Waals surface area (Å²) in [6, 6.07) is 56.3. The highest BCUT2D eigenvalue weighted by molar-refractivity contribution is 6.29. The molecule has 1 aromatic heterocycles. The van der Waals surface area contributed by atoms with Gasteiger partial charge < -0.3 is 4.57 Å². The first-order chi connectivity index (χ1) is 22.6. The lowest BCUT2D eigenvalue weighted by molar-refractivity contribution is 0.660. The fourth-order valence-corrected chi connectivity index (χ4v) is 8.43. The maximum atomic E-state index is 2.51. The second kappa shape index (κ2) is 9.19. The van der Waals surface area contributed by atoms with Gasteiger partial charge in [0.15, 0.2) is 0 Å². The topological polar surface area (TPSA) is 4.93 Å². The first-order valence-electron chi connectivity index (χ1n) is 16.2. The lowest BCUT2D eigenvalue weighted by Crippen LogP contribution is -2.15. The molecule has 0 spiro atoms. The van der Waals surface area contributed by atoms with E-state index in [4.69, 9.17) is 0 Å². The maximum absolute atomic E-state index is 2.51. The van der Waals surface area contributed by atoms with Crippen LogP contribution >= 0.6 is 0 Å². The van der Waals surface area contributed by atoms with Crippen LogP contribution in [0.3, 0.4) is 0 Å². The highest BCUT2D eigenvalue weighted by atomic mass is 15.0. The molecule has 10 rings (SSSR count). The molecule has 0 atom stereocenters. The highest BCUT2D eigenvalue weighted by Crippen LogP contribution is 2.50. The lowest BCUT2D eigenvalue weighted by Gasteiger charge is -2.22. The van der Waals surface area contributed by atoms with Gasteiger partial charge in [0.05, 0.1) is 11.0 Å². The summed E-state index contributed by atoms with van der Waals surface area (Å²) < 4.78 is 2.51. The third kappa shape index (κ3) is 3.35. The molecule has 0 bridgehead atoms. The molecular formula is C45H31N. The number of aromatic nitrogens is 1. The van der Waals surface area contributed by atoms with Gasteiger partial charge in [-0.05, 0) is 90.3 Å². The van der Waals surface area contributed by atoms with Crippen LogP contribution in [0.15, 0.2) is 152 Å². The minimum Gasteiger partial charge on any atom is -0.309 e. The van der Waals surface area contributed by atoms with E-state index >= 15 is 0 Å². The second-order valence-corrected chi connectivity index (χ2v) is 13.3. The van der Waals surface area contributed by atoms with E-state index in [0.29, 0.717) is 0 Å². The molecule has 1 aliphatic rings. The van der Waals surface area contributed by atoms with E-state index in [1.807, 2.05) is 0 Å². The van der Waals surface area contributed by atoms with Crippen molar-refractivity contribution < 1.29 is 0 Å². The molecule has 1 heteroatoms. The maximum Gasteiger partial charge on any atom is 0.0547 e. The van der Waals surface area contributed by atoms with Crippen LogP contribution in [0, 0.1) is 0 Å². The molecule has 0 saturated heterocycles. The van der Waals surface area contributed by atoms with Crippen molar-refractivity contribution in [3.8, 4) is 39.1 Å². The zero-order chi connectivity index (χ0) is 30.6. The smallest absolute Gasteiger partial charge is 0.0547 e. The van der Waals surface area contributed by atoms with Gasteiger partial charge >= 0.3 is 0 Å². The van der Waals surface area contributed by atoms with Crippen LogP contribution in [-0.4, -0.2) is 4.57 Å². The quantitative estimate of drug-likeness (QED) is 0.182. The standard InChI is InChI=1S/C45H31N/c1-45(2)39-18-9-8-16-35(39)36-20-19-30(27-40(36)45)46-41-25-23-32(28-11-4-3-5-12-28)37-21-22-38-34(24-26-42(46)44(38)43(37)41)33-17-10-14-29-13-6-7-15-31(29)33/h3-27H,1-2H3. The first kappa shape index (κ1) is 25.6. The molecule has 9 aromatic rings. The number of fused-ring (bicyclic) bond motifs is 4. The molecule has 216 valence electrons. The Balaban J connectivity index is 1.30. The van der Waals surface area contributed by atoms with Crippen molar-refractivity contribution in [2.24, 2.45) is 0 Å². The van der Waals surface area contributed by atoms with Crippen molar-refractivity contribution in [1.82, 2.24) is 4.57 Å². The zero-order valence-electron chi connectivity index (χ0n) is 25.9. The number of hydrogen-bond acceptors (Lipinski definition) is 0. The van der Waals surface area contributed by atoms with Crippen LogP contribution < -0.4 is 0 Å². The van der Waals surface area contributed by atoms with E-state index < -0.39 is 0 Å². The fourth-order valence-electron chi connectivity index (χ4n) is 8.43. The minimum atomic E-state index is -0.0610. The second-order valence-electron chi connectivity index (χ2n) is 13.3. The molecule has 0 unspecified atom stereocenters. The minimum absolute atomic E-state index is 0.0610. The van der Waals surface area contributed by atoms with Gasteiger partial charge in [0.2, 0.25) is 0 Å². The molecule has 1 aliphatic carbocycles. The van der Waals surface area contributed by atoms with Gasteiger partial charge in [0.25, 0.3) is 0 Å². The largest absolute Gasteiger partial charge is 0.309 e. The number of nitrogens with zero attached hydrogens (tertiary/aromatic N) is 1. The summed E-state index contributed by atoms with van der Waals surface area (Å²) in [6.45, 7) is 4.73. The summed E-state index contributed by atoms with van der Waals surface area (Å²) >= 11 is 0. The molecule has 46 heavy (non-hydrogen) atoms. The molecule has 0 aliphatic heterocycles. The fraction of sp³-hybridized carbons (Fsp3) is 0.0667. The normalized spacial score (nSPS) is 13.6. The van der Waals surface area contributed by atoms with Crippen LogP contribution in [0.4, 0.5) is 0 Å². The molecule has 1 heterocycles. The molecule has 0 amide bonds. The van der Waals surface area contributed by atoms with Crippen molar-refractivity contribution in [3.05, 3.63) is 163 Å². The summed E-state index contributed by atoms with van der Waals surface area (Å²) in [4.78, 5) is 0. The van der Waals surface area contributed by atoms with Crippen molar-refractivity contribution in [3.63, 3.8) is 0 Å². The Hall–Kier alpha value is -5.66. The van der Waals surface area contributed by atoms with Gasteiger partial charge in [-0.2, -0.15) is 0 Å². The summed E-state index contributed by atoms with van der Waals surface area (Å²) in [7, 11) is 0. The Labute approximate surface area is 268 Å². The average molecular weight is 586 g/mol. The average Bonchev–Trinajstić information content (AvgIpc) is 3.56. The van der Waals surface area contributed by atoms with E-state index in [0.717, 1.165) is 0 Å². The van der Waals surface area contributed by atoms with Crippen LogP contribution in [0.25, 0.3) is 82.4 Å². The lowest BCUT2D eigenvalue weighted by atomic mass is 9.82. The first-order valence-corrected chi connectivity index (χ1v) is 16.2. The summed E-state index contributed by atoms with van der Waals surface area (Å²) in [5.74, 6) is 0. The van der Waals surface area contributed by atoms with Crippen molar-refractivity contribution in [2.75, 3.05) is 0 Å². The van der Waals surface area contributed by atoms with Gasteiger partial charge in [-0.3, -0.25) is 0 Å². The Kier molecular flexibility index (Phi) is 5.12. The molecule has 8 aromatic carbocycles. The molecule has 0 fully saturated rings. The molecule has 1 nitrogen and oxygen atoms in total. The van der Waals surface area contributed by atoms with E-state index in [2.05, 4.69) is 170 Å². The van der Waals surface area contributed by atoms with Crippen molar-refractivity contribution in [2.45, 2.75) is 19.3 Å².